The second-order valence-corrected chi connectivity index (χ2v) is 2.77. The molecule has 0 bridgehead atoms. The lowest BCUT2D eigenvalue weighted by molar-refractivity contribution is -0.385. The number of hydrogen-bond acceptors (Lipinski definition) is 3. The van der Waals surface area contributed by atoms with Gasteiger partial charge < -0.3 is 12.9 Å². The van der Waals surface area contributed by atoms with Gasteiger partial charge in [-0.2, -0.15) is 0 Å². The van der Waals surface area contributed by atoms with Crippen LogP contribution in [0.1, 0.15) is 10.4 Å². The molecule has 8 heteroatoms. The molecular weight excluding hydrogens is 214 g/mol. The lowest BCUT2D eigenvalue weighted by Gasteiger charge is -2.14. The monoisotopic (exact) mass is 218 g/mol. The summed E-state index contributed by atoms with van der Waals surface area (Å²) < 4.78 is 36.6. The van der Waals surface area contributed by atoms with Crippen molar-refractivity contribution in [2.24, 2.45) is 0 Å². The number of hydrogen-bond donors (Lipinski definition) is 0. The average Bonchev–Trinajstić information content (AvgIpc) is 2.15. The molecule has 0 fully saturated rings. The molecular formula is C7H4BF3NO3-. The van der Waals surface area contributed by atoms with E-state index < -0.39 is 28.6 Å². The quantitative estimate of drug-likeness (QED) is 0.334. The van der Waals surface area contributed by atoms with Crippen molar-refractivity contribution in [3.05, 3.63) is 33.9 Å². The molecule has 1 aromatic carbocycles. The molecule has 1 aromatic rings. The number of halogens is 3. The minimum absolute atomic E-state index is 0.0312. The first kappa shape index (κ1) is 11.2. The maximum atomic E-state index is 12.2. The van der Waals surface area contributed by atoms with Crippen LogP contribution in [0, 0.1) is 10.1 Å². The Morgan fingerprint density at radius 3 is 2.33 bits per heavy atom. The molecule has 0 aliphatic rings. The van der Waals surface area contributed by atoms with Crippen molar-refractivity contribution in [2.75, 3.05) is 0 Å². The molecule has 1 rings (SSSR count). The molecule has 0 saturated carbocycles. The van der Waals surface area contributed by atoms with Gasteiger partial charge in [0.05, 0.1) is 10.5 Å². The van der Waals surface area contributed by atoms with E-state index in [1.807, 2.05) is 0 Å². The van der Waals surface area contributed by atoms with Crippen LogP contribution in [0.3, 0.4) is 0 Å². The number of aldehydes is 1. The summed E-state index contributed by atoms with van der Waals surface area (Å²) in [5.41, 5.74) is -2.23. The summed E-state index contributed by atoms with van der Waals surface area (Å²) in [5.74, 6) is 0. The summed E-state index contributed by atoms with van der Waals surface area (Å²) in [4.78, 5) is 19.8. The van der Waals surface area contributed by atoms with Crippen molar-refractivity contribution >= 4 is 24.4 Å². The first-order chi connectivity index (χ1) is 6.86. The van der Waals surface area contributed by atoms with Crippen LogP contribution in [0.15, 0.2) is 18.2 Å². The van der Waals surface area contributed by atoms with E-state index in [4.69, 9.17) is 0 Å². The van der Waals surface area contributed by atoms with Crippen LogP contribution in [0.25, 0.3) is 0 Å². The number of rotatable bonds is 3. The van der Waals surface area contributed by atoms with Crippen LogP contribution in [0.2, 0.25) is 0 Å². The Kier molecular flexibility index (Phi) is 2.78. The molecule has 0 atom stereocenters. The summed E-state index contributed by atoms with van der Waals surface area (Å²) in [6.45, 7) is -5.25. The zero-order chi connectivity index (χ0) is 11.6. The smallest absolute Gasteiger partial charge is 0.445 e. The number of nitro benzene ring substituents is 1. The lowest BCUT2D eigenvalue weighted by Crippen LogP contribution is -2.34. The van der Waals surface area contributed by atoms with Crippen molar-refractivity contribution in [2.45, 2.75) is 0 Å². The zero-order valence-corrected chi connectivity index (χ0v) is 7.19. The third kappa shape index (κ3) is 2.33. The van der Waals surface area contributed by atoms with Crippen LogP contribution in [-0.4, -0.2) is 18.2 Å². The third-order valence-corrected chi connectivity index (χ3v) is 1.75. The van der Waals surface area contributed by atoms with E-state index in [0.29, 0.717) is 18.2 Å². The fourth-order valence-electron chi connectivity index (χ4n) is 1.04. The SMILES string of the molecule is O=Cc1cc([B-](F)(F)F)ccc1[N+](=O)[O-]. The first-order valence-corrected chi connectivity index (χ1v) is 3.79. The van der Waals surface area contributed by atoms with E-state index in [0.717, 1.165) is 0 Å². The van der Waals surface area contributed by atoms with Crippen molar-refractivity contribution in [3.8, 4) is 0 Å². The summed E-state index contributed by atoms with van der Waals surface area (Å²) in [7, 11) is 0. The van der Waals surface area contributed by atoms with Gasteiger partial charge in [-0.05, 0) is 0 Å². The van der Waals surface area contributed by atoms with E-state index in [2.05, 4.69) is 0 Å². The molecule has 0 amide bonds. The minimum Gasteiger partial charge on any atom is -0.445 e. The molecule has 4 nitrogen and oxygen atoms in total. The molecule has 0 spiro atoms. The Morgan fingerprint density at radius 2 is 1.93 bits per heavy atom. The highest BCUT2D eigenvalue weighted by Crippen LogP contribution is 2.17. The molecule has 15 heavy (non-hydrogen) atoms. The number of nitrogens with zero attached hydrogens (tertiary/aromatic N) is 1. The fraction of sp³-hybridized carbons (Fsp3) is 0. The second kappa shape index (κ2) is 3.72. The van der Waals surface area contributed by atoms with Crippen molar-refractivity contribution in [3.63, 3.8) is 0 Å². The van der Waals surface area contributed by atoms with Gasteiger partial charge in [0, 0.05) is 6.07 Å². The molecule has 0 N–H and O–H groups in total. The van der Waals surface area contributed by atoms with Crippen LogP contribution in [0.5, 0.6) is 0 Å². The Hall–Kier alpha value is -1.86. The van der Waals surface area contributed by atoms with Gasteiger partial charge in [0.25, 0.3) is 5.69 Å². The first-order valence-electron chi connectivity index (χ1n) is 3.79. The number of benzene rings is 1. The predicted octanol–water partition coefficient (Wildman–Crippen LogP) is 1.46. The van der Waals surface area contributed by atoms with Crippen molar-refractivity contribution in [1.29, 1.82) is 0 Å². The molecule has 0 unspecified atom stereocenters. The van der Waals surface area contributed by atoms with Crippen LogP contribution < -0.4 is 5.46 Å². The van der Waals surface area contributed by atoms with E-state index in [1.165, 1.54) is 0 Å². The largest absolute Gasteiger partial charge is 0.509 e. The summed E-state index contributed by atoms with van der Waals surface area (Å²) in [5, 5.41) is 10.3. The second-order valence-electron chi connectivity index (χ2n) is 2.77. The normalized spacial score (nSPS) is 11.1. The van der Waals surface area contributed by atoms with Gasteiger partial charge in [-0.25, -0.2) is 0 Å². The van der Waals surface area contributed by atoms with Gasteiger partial charge in [0.15, 0.2) is 6.29 Å². The number of nitro groups is 1. The summed E-state index contributed by atoms with van der Waals surface area (Å²) >= 11 is 0. The highest BCUT2D eigenvalue weighted by atomic mass is 19.4. The van der Waals surface area contributed by atoms with E-state index in [-0.39, 0.29) is 6.29 Å². The van der Waals surface area contributed by atoms with Gasteiger partial charge in [0.1, 0.15) is 0 Å². The van der Waals surface area contributed by atoms with E-state index in [9.17, 15) is 27.9 Å². The van der Waals surface area contributed by atoms with Gasteiger partial charge in [-0.3, -0.25) is 14.9 Å². The Morgan fingerprint density at radius 1 is 1.33 bits per heavy atom. The van der Waals surface area contributed by atoms with Crippen LogP contribution in [-0.2, 0) is 0 Å². The predicted molar refractivity (Wildman–Crippen MR) is 47.2 cm³/mol. The minimum atomic E-state index is -5.25. The highest BCUT2D eigenvalue weighted by molar-refractivity contribution is 6.73. The Balaban J connectivity index is 3.31. The molecule has 0 heterocycles. The third-order valence-electron chi connectivity index (χ3n) is 1.75. The van der Waals surface area contributed by atoms with Crippen molar-refractivity contribution in [1.82, 2.24) is 0 Å². The molecule has 80 valence electrons. The van der Waals surface area contributed by atoms with Gasteiger partial charge in [0.2, 0.25) is 0 Å². The molecule has 0 aromatic heterocycles. The zero-order valence-electron chi connectivity index (χ0n) is 7.19. The summed E-state index contributed by atoms with van der Waals surface area (Å²) in [6, 6.07) is 1.74. The highest BCUT2D eigenvalue weighted by Gasteiger charge is 2.27. The number of carbonyl (C=O) groups is 1. The lowest BCUT2D eigenvalue weighted by atomic mass is 9.79. The maximum absolute atomic E-state index is 12.2. The maximum Gasteiger partial charge on any atom is 0.509 e. The van der Waals surface area contributed by atoms with Crippen LogP contribution in [0.4, 0.5) is 18.6 Å². The fourth-order valence-corrected chi connectivity index (χ4v) is 1.04. The Bertz CT molecular complexity index is 418. The molecule has 0 aliphatic carbocycles. The molecule has 0 saturated heterocycles. The Labute approximate surface area is 81.9 Å². The average molecular weight is 218 g/mol. The molecule has 0 radical (unpaired) electrons. The van der Waals surface area contributed by atoms with Gasteiger partial charge in [-0.15, -0.1) is 5.46 Å². The standard InChI is InChI=1S/C7H4BF3NO3/c9-8(10,11)6-1-2-7(12(14)15)5(3-6)4-13/h1-4H/q-1. The van der Waals surface area contributed by atoms with Crippen LogP contribution >= 0.6 is 0 Å². The van der Waals surface area contributed by atoms with E-state index in [1.54, 1.807) is 0 Å². The van der Waals surface area contributed by atoms with Gasteiger partial charge >= 0.3 is 6.98 Å². The summed E-state index contributed by atoms with van der Waals surface area (Å²) in [6.07, 6.45) is 0.0312. The van der Waals surface area contributed by atoms with Gasteiger partial charge in [-0.1, -0.05) is 12.1 Å². The molecule has 0 aliphatic heterocycles. The topological polar surface area (TPSA) is 60.2 Å². The van der Waals surface area contributed by atoms with E-state index >= 15 is 0 Å². The van der Waals surface area contributed by atoms with Crippen molar-refractivity contribution < 1.29 is 22.7 Å². The number of carbonyl (C=O) groups excluding carboxylic acids is 1.